The predicted molar refractivity (Wildman–Crippen MR) is 87.2 cm³/mol. The lowest BCUT2D eigenvalue weighted by molar-refractivity contribution is 0.0696. The molecule has 0 aliphatic carbocycles. The number of carbonyl (C=O) groups is 2. The predicted octanol–water partition coefficient (Wildman–Crippen LogP) is 3.20. The monoisotopic (exact) mass is 333 g/mol. The van der Waals surface area contributed by atoms with Crippen LogP contribution in [0.2, 0.25) is 0 Å². The lowest BCUT2D eigenvalue weighted by Gasteiger charge is -2.14. The number of anilines is 1. The Kier molecular flexibility index (Phi) is 5.47. The highest BCUT2D eigenvalue weighted by Crippen LogP contribution is 2.37. The third kappa shape index (κ3) is 3.51. The lowest BCUT2D eigenvalue weighted by Crippen LogP contribution is -2.14. The van der Waals surface area contributed by atoms with Crippen molar-refractivity contribution in [3.63, 3.8) is 0 Å². The first-order valence-electron chi connectivity index (χ1n) is 7.38. The number of rotatable bonds is 7. The van der Waals surface area contributed by atoms with Gasteiger partial charge in [-0.3, -0.25) is 4.79 Å². The van der Waals surface area contributed by atoms with Crippen molar-refractivity contribution >= 4 is 17.6 Å². The van der Waals surface area contributed by atoms with Gasteiger partial charge in [0.1, 0.15) is 5.76 Å². The summed E-state index contributed by atoms with van der Waals surface area (Å²) in [6.45, 7) is 1.98. The molecule has 0 atom stereocenters. The molecule has 0 spiro atoms. The number of aryl methyl sites for hydroxylation is 1. The van der Waals surface area contributed by atoms with Crippen LogP contribution in [0.25, 0.3) is 0 Å². The topological polar surface area (TPSA) is 98.0 Å². The van der Waals surface area contributed by atoms with Crippen LogP contribution in [0.3, 0.4) is 0 Å². The zero-order valence-corrected chi connectivity index (χ0v) is 13.7. The molecule has 0 saturated carbocycles. The number of carboxylic acid groups (broad SMARTS) is 1. The molecule has 1 aromatic heterocycles. The number of ether oxygens (including phenoxy) is 2. The fraction of sp³-hybridized carbons (Fsp3) is 0.294. The quantitative estimate of drug-likeness (QED) is 0.807. The normalized spacial score (nSPS) is 10.3. The van der Waals surface area contributed by atoms with Crippen molar-refractivity contribution in [2.24, 2.45) is 0 Å². The SMILES string of the molecule is CCCc1occc1C(=O)Nc1cc(C(=O)O)cc(OC)c1OC. The molecule has 0 fully saturated rings. The summed E-state index contributed by atoms with van der Waals surface area (Å²) in [5.74, 6) is -0.503. The molecule has 1 aromatic carbocycles. The van der Waals surface area contributed by atoms with Crippen molar-refractivity contribution in [3.8, 4) is 11.5 Å². The van der Waals surface area contributed by atoms with Crippen LogP contribution < -0.4 is 14.8 Å². The summed E-state index contributed by atoms with van der Waals surface area (Å²) < 4.78 is 15.7. The molecule has 1 amide bonds. The average Bonchev–Trinajstić information content (AvgIpc) is 3.02. The van der Waals surface area contributed by atoms with E-state index in [1.807, 2.05) is 6.92 Å². The van der Waals surface area contributed by atoms with Gasteiger partial charge in [-0.05, 0) is 24.6 Å². The molecule has 7 nitrogen and oxygen atoms in total. The van der Waals surface area contributed by atoms with Gasteiger partial charge in [-0.15, -0.1) is 0 Å². The Balaban J connectivity index is 2.40. The number of amides is 1. The Morgan fingerprint density at radius 3 is 2.58 bits per heavy atom. The lowest BCUT2D eigenvalue weighted by atomic mass is 10.1. The Morgan fingerprint density at radius 2 is 2.00 bits per heavy atom. The van der Waals surface area contributed by atoms with Crippen molar-refractivity contribution in [3.05, 3.63) is 41.3 Å². The van der Waals surface area contributed by atoms with Crippen molar-refractivity contribution in [2.75, 3.05) is 19.5 Å². The summed E-state index contributed by atoms with van der Waals surface area (Å²) in [6.07, 6.45) is 2.91. The van der Waals surface area contributed by atoms with E-state index < -0.39 is 11.9 Å². The van der Waals surface area contributed by atoms with Crippen LogP contribution in [0.5, 0.6) is 11.5 Å². The average molecular weight is 333 g/mol. The molecule has 0 aliphatic heterocycles. The maximum Gasteiger partial charge on any atom is 0.335 e. The molecule has 0 saturated heterocycles. The van der Waals surface area contributed by atoms with Gasteiger partial charge in [-0.25, -0.2) is 4.79 Å². The molecule has 0 radical (unpaired) electrons. The van der Waals surface area contributed by atoms with Gasteiger partial charge in [0.05, 0.1) is 37.3 Å². The molecular formula is C17H19NO6. The summed E-state index contributed by atoms with van der Waals surface area (Å²) in [4.78, 5) is 23.8. The van der Waals surface area contributed by atoms with Crippen LogP contribution in [0, 0.1) is 0 Å². The van der Waals surface area contributed by atoms with Crippen LogP contribution in [-0.4, -0.2) is 31.2 Å². The number of aromatic carboxylic acids is 1. The second-order valence-corrected chi connectivity index (χ2v) is 5.03. The standard InChI is InChI=1S/C17H19NO6/c1-4-5-13-11(6-7-24-13)16(19)18-12-8-10(17(20)21)9-14(22-2)15(12)23-3/h6-9H,4-5H2,1-3H3,(H,18,19)(H,20,21). The number of methoxy groups -OCH3 is 2. The minimum absolute atomic E-state index is 0.0241. The maximum absolute atomic E-state index is 12.5. The second kappa shape index (κ2) is 7.54. The highest BCUT2D eigenvalue weighted by Gasteiger charge is 2.20. The first kappa shape index (κ1) is 17.4. The Hall–Kier alpha value is -2.96. The molecule has 24 heavy (non-hydrogen) atoms. The van der Waals surface area contributed by atoms with E-state index in [0.29, 0.717) is 17.7 Å². The van der Waals surface area contributed by atoms with Gasteiger partial charge >= 0.3 is 5.97 Å². The van der Waals surface area contributed by atoms with Crippen LogP contribution in [0.1, 0.15) is 39.8 Å². The molecular weight excluding hydrogens is 314 g/mol. The van der Waals surface area contributed by atoms with Gasteiger partial charge in [0.25, 0.3) is 5.91 Å². The highest BCUT2D eigenvalue weighted by molar-refractivity contribution is 6.06. The van der Waals surface area contributed by atoms with E-state index in [0.717, 1.165) is 6.42 Å². The number of carbonyl (C=O) groups excluding carboxylic acids is 1. The number of benzene rings is 1. The molecule has 2 rings (SSSR count). The zero-order valence-electron chi connectivity index (χ0n) is 13.7. The largest absolute Gasteiger partial charge is 0.493 e. The van der Waals surface area contributed by atoms with Gasteiger partial charge in [0, 0.05) is 6.42 Å². The summed E-state index contributed by atoms with van der Waals surface area (Å²) in [6, 6.07) is 4.23. The number of furan rings is 1. The minimum atomic E-state index is -1.14. The smallest absolute Gasteiger partial charge is 0.335 e. The van der Waals surface area contributed by atoms with Gasteiger partial charge in [-0.1, -0.05) is 6.92 Å². The van der Waals surface area contributed by atoms with Crippen LogP contribution in [-0.2, 0) is 6.42 Å². The van der Waals surface area contributed by atoms with E-state index in [2.05, 4.69) is 5.32 Å². The zero-order chi connectivity index (χ0) is 17.7. The van der Waals surface area contributed by atoms with Gasteiger partial charge in [0.15, 0.2) is 11.5 Å². The number of hydrogen-bond donors (Lipinski definition) is 2. The summed E-state index contributed by atoms with van der Waals surface area (Å²) in [5.41, 5.74) is 0.588. The minimum Gasteiger partial charge on any atom is -0.493 e. The fourth-order valence-electron chi connectivity index (χ4n) is 2.33. The van der Waals surface area contributed by atoms with Crippen molar-refractivity contribution < 1.29 is 28.6 Å². The molecule has 1 heterocycles. The second-order valence-electron chi connectivity index (χ2n) is 5.03. The fourth-order valence-corrected chi connectivity index (χ4v) is 2.33. The van der Waals surface area contributed by atoms with E-state index in [1.54, 1.807) is 6.07 Å². The molecule has 0 bridgehead atoms. The Labute approximate surface area is 139 Å². The van der Waals surface area contributed by atoms with E-state index >= 15 is 0 Å². The van der Waals surface area contributed by atoms with Crippen molar-refractivity contribution in [2.45, 2.75) is 19.8 Å². The van der Waals surface area contributed by atoms with E-state index in [1.165, 1.54) is 32.6 Å². The highest BCUT2D eigenvalue weighted by atomic mass is 16.5. The van der Waals surface area contributed by atoms with Gasteiger partial charge < -0.3 is 24.3 Å². The van der Waals surface area contributed by atoms with E-state index in [9.17, 15) is 14.7 Å². The molecule has 7 heteroatoms. The van der Waals surface area contributed by atoms with Crippen molar-refractivity contribution in [1.29, 1.82) is 0 Å². The van der Waals surface area contributed by atoms with Gasteiger partial charge in [0.2, 0.25) is 0 Å². The Bertz CT molecular complexity index is 750. The third-order valence-corrected chi connectivity index (χ3v) is 3.44. The molecule has 128 valence electrons. The van der Waals surface area contributed by atoms with Gasteiger partial charge in [-0.2, -0.15) is 0 Å². The molecule has 0 unspecified atom stereocenters. The molecule has 2 N–H and O–H groups in total. The van der Waals surface area contributed by atoms with E-state index in [4.69, 9.17) is 13.9 Å². The number of carboxylic acids is 1. The van der Waals surface area contributed by atoms with E-state index in [-0.39, 0.29) is 22.7 Å². The number of hydrogen-bond acceptors (Lipinski definition) is 5. The van der Waals surface area contributed by atoms with Crippen molar-refractivity contribution in [1.82, 2.24) is 0 Å². The first-order chi connectivity index (χ1) is 11.5. The molecule has 2 aromatic rings. The number of nitrogens with one attached hydrogen (secondary N) is 1. The summed E-state index contributed by atoms with van der Waals surface area (Å²) in [7, 11) is 2.80. The first-order valence-corrected chi connectivity index (χ1v) is 7.38. The van der Waals surface area contributed by atoms with Crippen LogP contribution in [0.15, 0.2) is 28.9 Å². The third-order valence-electron chi connectivity index (χ3n) is 3.44. The Morgan fingerprint density at radius 1 is 1.25 bits per heavy atom. The van der Waals surface area contributed by atoms with Crippen LogP contribution >= 0.6 is 0 Å². The van der Waals surface area contributed by atoms with Crippen LogP contribution in [0.4, 0.5) is 5.69 Å². The molecule has 0 aliphatic rings. The maximum atomic E-state index is 12.5. The summed E-state index contributed by atoms with van der Waals surface area (Å²) in [5, 5.41) is 11.9. The summed E-state index contributed by atoms with van der Waals surface area (Å²) >= 11 is 0.